The summed E-state index contributed by atoms with van der Waals surface area (Å²) in [6.45, 7) is 12.3. The van der Waals surface area contributed by atoms with Crippen molar-refractivity contribution in [2.45, 2.75) is 58.0 Å². The van der Waals surface area contributed by atoms with Crippen LogP contribution in [0.1, 0.15) is 44.9 Å². The maximum Gasteiger partial charge on any atom is 0.243 e. The molecule has 0 aliphatic rings. The molecule has 0 radical (unpaired) electrons. The second kappa shape index (κ2) is 48.9. The highest BCUT2D eigenvalue weighted by Crippen LogP contribution is 2.28. The third-order valence-corrected chi connectivity index (χ3v) is 19.0. The van der Waals surface area contributed by atoms with E-state index in [0.29, 0.717) is 17.1 Å². The molecule has 0 saturated heterocycles. The van der Waals surface area contributed by atoms with E-state index in [-0.39, 0.29) is 51.2 Å². The number of nitrogen functional groups attached to an aromatic ring is 6. The Hall–Kier alpha value is -12.0. The monoisotopic (exact) mass is 1670 g/mol. The number of aryl methyl sites for hydroxylation is 3. The molecular formula is C88H148N32O. The Kier molecular flexibility index (Phi) is 41.7. The highest BCUT2D eigenvalue weighted by Gasteiger charge is 2.18. The van der Waals surface area contributed by atoms with Crippen molar-refractivity contribution in [2.75, 3.05) is 222 Å². The van der Waals surface area contributed by atoms with Crippen molar-refractivity contribution in [1.82, 2.24) is 66.8 Å². The fourth-order valence-electron chi connectivity index (χ4n) is 12.6. The molecule has 121 heavy (non-hydrogen) atoms. The minimum atomic E-state index is 0. The maximum absolute atomic E-state index is 8.99. The van der Waals surface area contributed by atoms with Crippen LogP contribution in [0.15, 0.2) is 184 Å². The molecule has 0 aliphatic carbocycles. The summed E-state index contributed by atoms with van der Waals surface area (Å²) in [6.07, 6.45) is 31.7. The number of hydrogen-bond acceptors (Lipinski definition) is 19. The number of fused-ring (bicyclic) bond motifs is 6. The van der Waals surface area contributed by atoms with E-state index in [2.05, 4.69) is 162 Å². The summed E-state index contributed by atoms with van der Waals surface area (Å²) in [5, 5.41) is 55.3. The van der Waals surface area contributed by atoms with Gasteiger partial charge in [0.05, 0.1) is 177 Å². The molecule has 33 nitrogen and oxygen atoms in total. The van der Waals surface area contributed by atoms with Gasteiger partial charge in [-0.2, -0.15) is 0 Å². The number of aliphatic hydroxyl groups excluding tert-OH is 1. The molecule has 0 saturated carbocycles. The number of nitrogens with two attached hydrogens (primary N) is 6. The molecule has 0 aliphatic heterocycles. The van der Waals surface area contributed by atoms with Crippen molar-refractivity contribution >= 4 is 102 Å². The van der Waals surface area contributed by atoms with Gasteiger partial charge in [-0.3, -0.25) is 0 Å². The van der Waals surface area contributed by atoms with Gasteiger partial charge in [-0.05, 0) is 105 Å². The van der Waals surface area contributed by atoms with Crippen molar-refractivity contribution in [3.8, 4) is 0 Å². The lowest BCUT2D eigenvalue weighted by Gasteiger charge is -2.28. The summed E-state index contributed by atoms with van der Waals surface area (Å²) in [5.41, 5.74) is 46.3. The largest absolute Gasteiger partial charge is 0.394 e. The summed E-state index contributed by atoms with van der Waals surface area (Å²) in [7, 11) is 28.1. The highest BCUT2D eigenvalue weighted by molar-refractivity contribution is 5.84. The number of quaternary nitrogens is 4. The highest BCUT2D eigenvalue weighted by atomic mass is 16.3. The Morgan fingerprint density at radius 1 is 0.298 bits per heavy atom. The minimum Gasteiger partial charge on any atom is -0.394 e. The van der Waals surface area contributed by atoms with Crippen LogP contribution in [0.25, 0.3) is 33.1 Å². The van der Waals surface area contributed by atoms with Crippen LogP contribution in [-0.2, 0) is 27.2 Å². The zero-order valence-corrected chi connectivity index (χ0v) is 76.0. The number of aliphatic hydroxyl groups is 1. The van der Waals surface area contributed by atoms with E-state index >= 15 is 0 Å². The maximum atomic E-state index is 8.99. The lowest BCUT2D eigenvalue weighted by atomic mass is 10.2. The third kappa shape index (κ3) is 31.9. The van der Waals surface area contributed by atoms with E-state index in [1.54, 1.807) is 18.1 Å². The Bertz CT molecular complexity index is 5240. The normalized spacial score (nSPS) is 11.1. The van der Waals surface area contributed by atoms with Gasteiger partial charge in [0.2, 0.25) is 12.7 Å². The molecule has 0 aromatic carbocycles. The molecule has 0 atom stereocenters. The van der Waals surface area contributed by atoms with Crippen LogP contribution in [0.4, 0.5) is 69.0 Å². The average molecular weight is 1670 g/mol. The Morgan fingerprint density at radius 2 is 0.554 bits per heavy atom. The molecule has 0 unspecified atom stereocenters. The van der Waals surface area contributed by atoms with Gasteiger partial charge in [0, 0.05) is 76.2 Å². The fourth-order valence-corrected chi connectivity index (χ4v) is 12.6. The molecule has 14 rings (SSSR count). The van der Waals surface area contributed by atoms with E-state index in [9.17, 15) is 0 Å². The Morgan fingerprint density at radius 3 is 0.835 bits per heavy atom. The summed E-state index contributed by atoms with van der Waals surface area (Å²) in [6, 6.07) is 35.2. The van der Waals surface area contributed by atoms with Gasteiger partial charge < -0.3 is 134 Å². The summed E-state index contributed by atoms with van der Waals surface area (Å²) in [4.78, 5) is 0. The quantitative estimate of drug-likeness (QED) is 0.00786. The molecule has 0 bridgehead atoms. The number of hydrogen-bond donors (Lipinski definition) is 13. The van der Waals surface area contributed by atoms with Crippen molar-refractivity contribution in [3.63, 3.8) is 0 Å². The lowest BCUT2D eigenvalue weighted by molar-refractivity contribution is -0.888. The van der Waals surface area contributed by atoms with Gasteiger partial charge >= 0.3 is 0 Å². The van der Waals surface area contributed by atoms with Crippen LogP contribution in [0, 0.1) is 44.6 Å². The number of nitrogens with one attached hydrogen (secondary N) is 6. The van der Waals surface area contributed by atoms with Gasteiger partial charge in [-0.1, -0.05) is 36.4 Å². The van der Waals surface area contributed by atoms with E-state index in [0.717, 1.165) is 201 Å². The number of pyridine rings is 6. The number of anilines is 12. The molecule has 666 valence electrons. The zero-order chi connectivity index (χ0) is 82.7. The number of nitrogens with zero attached hydrogens (tertiary/aromatic N) is 20. The summed E-state index contributed by atoms with van der Waals surface area (Å²) in [5.74, 6) is 4.58. The molecule has 14 aromatic heterocycles. The van der Waals surface area contributed by atoms with E-state index in [4.69, 9.17) is 39.5 Å². The number of likely N-dealkylation sites (N-methyl/N-ethyl adjacent to an activating group) is 1. The fraction of sp³-hybridized carbons (Fsp3) is 0.386. The Labute approximate surface area is 720 Å². The van der Waals surface area contributed by atoms with Crippen molar-refractivity contribution in [2.24, 2.45) is 14.1 Å². The van der Waals surface area contributed by atoms with Crippen molar-refractivity contribution in [3.05, 3.63) is 228 Å². The predicted molar refractivity (Wildman–Crippen MR) is 508 cm³/mol. The van der Waals surface area contributed by atoms with E-state index < -0.39 is 0 Å². The Balaban J connectivity index is 0.000000372. The second-order valence-electron chi connectivity index (χ2n) is 32.6. The molecule has 19 N–H and O–H groups in total. The van der Waals surface area contributed by atoms with E-state index in [1.807, 2.05) is 204 Å². The van der Waals surface area contributed by atoms with Gasteiger partial charge in [-0.25, -0.2) is 45.4 Å². The SMILES string of the molecule is C[N+](C)(C)CCCCCNc1nn2ccccc2c1N.C[N+](C)(C)CCCCNc1nn2ccccc2c1N.C[N+](C)(C)CCCNc1nn2ccccc2c1N.C[N+](C)(CCO)CCNc1nn2ccccc2c1N.C[n+]1ccn(CCCNc2nn3ccccc3c2N)c1.C[n+]1ccn(CCNc2nn3ccccc3c2N)c1.[CH3-].[CH3-].[CH3-].[CH3-].[CH3-].[CH3-]. The number of rotatable bonds is 33. The second-order valence-corrected chi connectivity index (χ2v) is 32.6. The first-order valence-electron chi connectivity index (χ1n) is 39.6. The van der Waals surface area contributed by atoms with Crippen LogP contribution in [-0.4, -0.2) is 246 Å². The minimum absolute atomic E-state index is 0. The number of unbranched alkanes of at least 4 members (excludes halogenated alkanes) is 3. The molecule has 14 heterocycles. The molecule has 0 spiro atoms. The first kappa shape index (κ1) is 103. The lowest BCUT2D eigenvalue weighted by Crippen LogP contribution is -2.45. The van der Waals surface area contributed by atoms with Crippen molar-refractivity contribution < 1.29 is 32.2 Å². The van der Waals surface area contributed by atoms with Gasteiger partial charge in [-0.15, -0.1) is 30.6 Å². The van der Waals surface area contributed by atoms with Gasteiger partial charge in [0.25, 0.3) is 0 Å². The molecule has 14 aromatic rings. The van der Waals surface area contributed by atoms with Crippen LogP contribution in [0.5, 0.6) is 0 Å². The van der Waals surface area contributed by atoms with E-state index in [1.165, 1.54) is 32.4 Å². The first-order chi connectivity index (χ1) is 54.9. The molecule has 33 heteroatoms. The summed E-state index contributed by atoms with van der Waals surface area (Å²) >= 11 is 0. The smallest absolute Gasteiger partial charge is 0.243 e. The number of imidazole rings is 2. The van der Waals surface area contributed by atoms with Gasteiger partial charge in [0.1, 0.15) is 72.0 Å². The third-order valence-electron chi connectivity index (χ3n) is 19.0. The predicted octanol–water partition coefficient (Wildman–Crippen LogP) is 10.2. The zero-order valence-electron chi connectivity index (χ0n) is 76.0. The average Bonchev–Trinajstić information content (AvgIpc) is 1.70. The molecule has 0 fully saturated rings. The summed E-state index contributed by atoms with van der Waals surface area (Å²) < 4.78 is 22.9. The van der Waals surface area contributed by atoms with Crippen LogP contribution in [0.2, 0.25) is 0 Å². The van der Waals surface area contributed by atoms with Crippen LogP contribution in [0.3, 0.4) is 0 Å². The van der Waals surface area contributed by atoms with Crippen LogP contribution >= 0.6 is 0 Å². The topological polar surface area (TPSA) is 370 Å². The first-order valence-corrected chi connectivity index (χ1v) is 39.6. The molecule has 0 amide bonds. The van der Waals surface area contributed by atoms with Crippen molar-refractivity contribution in [1.29, 1.82) is 0 Å². The molecular weight excluding hydrogens is 1520 g/mol. The number of aromatic nitrogens is 16. The van der Waals surface area contributed by atoms with Gasteiger partial charge in [0.15, 0.2) is 34.9 Å². The van der Waals surface area contributed by atoms with Crippen LogP contribution < -0.4 is 75.4 Å². The standard InChI is InChI=1S/C15H26N5.C14H19N6.C14H24N5.C13H17N6.C13H22N5O.C13H22N5.6CH3/c1-20(2,3)12-8-4-6-10-17-15-14(16)13-9-5-7-11-19(13)18-15;1-18-9-10-19(11-18)7-4-6-16-14-13(15)12-5-2-3-8-20(12)17-14;1-19(2,3)11-7-5-9-16-14-13(15)12-8-4-6-10-18(12)17-14;1-17-8-9-18(10-17)7-5-15-13-12(14)11-4-2-3-6-19(11)16-13;1-18(2,9-10-19)8-6-15-13-12(14)11-5-3-4-7-17(11)16-13;1-18(2,3)10-6-8-15-13-12(14)11-7-4-5-9-17(11)16-13;;;;;;/h5,7,9,11H,4,6,8,10,12,16H2,1-3H3,(H,17,18);2-3,5,8-11H,4,6-7,15H2,1H3,(H,16,17);4,6,8,10H,5,7,9,11,15H2,1-3H3,(H,16,17);2-4,6,8-10H,5,7,14H2,1H3,(H,15,16);3-5,7,19H,6,8-10,14H2,1-2H3,(H,15,16);4-5,7,9H,6,8,10,14H2,1-3H3,(H,15,16);6*1H3/q6*+1;6*-1.